The Balaban J connectivity index is 0.000000817. The van der Waals surface area contributed by atoms with Gasteiger partial charge >= 0.3 is 0 Å². The molecule has 0 saturated carbocycles. The Kier molecular flexibility index (Phi) is 7.34. The Bertz CT molecular complexity index is 937. The van der Waals surface area contributed by atoms with Crippen LogP contribution in [0.3, 0.4) is 0 Å². The fourth-order valence-corrected chi connectivity index (χ4v) is 3.87. The van der Waals surface area contributed by atoms with Gasteiger partial charge in [0.25, 0.3) is 6.47 Å². The Hall–Kier alpha value is -2.43. The number of carboxylic acid groups (broad SMARTS) is 1. The van der Waals surface area contributed by atoms with Gasteiger partial charge in [-0.2, -0.15) is 4.98 Å². The van der Waals surface area contributed by atoms with Crippen molar-refractivity contribution in [2.45, 2.75) is 32.9 Å². The summed E-state index contributed by atoms with van der Waals surface area (Å²) in [7, 11) is 0. The van der Waals surface area contributed by atoms with Gasteiger partial charge < -0.3 is 16.2 Å². The summed E-state index contributed by atoms with van der Waals surface area (Å²) in [5.74, 6) is 0.0911. The fourth-order valence-electron chi connectivity index (χ4n) is 2.35. The standard InChI is InChI=1S/C15H16ClFN6S.CH2O2/c1-7(18)3-11-8(2)12-13(24-11)14(23-15(16)22-12)20-5-10-9(17)4-19-6-21-10;2-1-3/h4,6-7H,3,5,18H2,1-2H3,(H,20,22,23);1H,(H,2,3)/t7-;/m0./s1. The molecule has 0 saturated heterocycles. The van der Waals surface area contributed by atoms with E-state index in [0.29, 0.717) is 5.82 Å². The molecule has 4 N–H and O–H groups in total. The number of hydrogen-bond donors (Lipinski definition) is 3. The molecule has 27 heavy (non-hydrogen) atoms. The molecule has 0 aromatic carbocycles. The minimum Gasteiger partial charge on any atom is -0.483 e. The van der Waals surface area contributed by atoms with Crippen LogP contribution in [0.4, 0.5) is 10.2 Å². The van der Waals surface area contributed by atoms with Crippen LogP contribution in [0, 0.1) is 12.7 Å². The number of fused-ring (bicyclic) bond motifs is 1. The predicted molar refractivity (Wildman–Crippen MR) is 103 cm³/mol. The first-order valence-corrected chi connectivity index (χ1v) is 9.04. The van der Waals surface area contributed by atoms with Crippen LogP contribution >= 0.6 is 22.9 Å². The van der Waals surface area contributed by atoms with E-state index in [1.54, 1.807) is 11.3 Å². The van der Waals surface area contributed by atoms with Crippen molar-refractivity contribution >= 4 is 45.4 Å². The summed E-state index contributed by atoms with van der Waals surface area (Å²) in [5, 5.41) is 10.1. The van der Waals surface area contributed by atoms with Crippen LogP contribution in [0.15, 0.2) is 12.5 Å². The van der Waals surface area contributed by atoms with Crippen molar-refractivity contribution in [2.75, 3.05) is 5.32 Å². The SMILES string of the molecule is Cc1c(C[C@H](C)N)sc2c(NCc3ncncc3F)nc(Cl)nc12.O=CO. The van der Waals surface area contributed by atoms with Gasteiger partial charge in [0.15, 0.2) is 5.82 Å². The van der Waals surface area contributed by atoms with E-state index in [-0.39, 0.29) is 30.0 Å². The van der Waals surface area contributed by atoms with Crippen molar-refractivity contribution in [3.63, 3.8) is 0 Å². The largest absolute Gasteiger partial charge is 0.483 e. The molecule has 1 atom stereocenters. The highest BCUT2D eigenvalue weighted by Gasteiger charge is 2.17. The highest BCUT2D eigenvalue weighted by molar-refractivity contribution is 7.19. The van der Waals surface area contributed by atoms with Gasteiger partial charge in [0.05, 0.1) is 28.7 Å². The van der Waals surface area contributed by atoms with Crippen molar-refractivity contribution in [2.24, 2.45) is 5.73 Å². The first-order chi connectivity index (χ1) is 12.9. The summed E-state index contributed by atoms with van der Waals surface area (Å²) in [6.07, 6.45) is 3.19. The van der Waals surface area contributed by atoms with E-state index in [0.717, 1.165) is 33.3 Å². The van der Waals surface area contributed by atoms with E-state index < -0.39 is 5.82 Å². The van der Waals surface area contributed by atoms with Crippen LogP contribution in [0.5, 0.6) is 0 Å². The monoisotopic (exact) mass is 412 g/mol. The molecule has 8 nitrogen and oxygen atoms in total. The summed E-state index contributed by atoms with van der Waals surface area (Å²) >= 11 is 7.62. The van der Waals surface area contributed by atoms with E-state index >= 15 is 0 Å². The molecule has 144 valence electrons. The first kappa shape index (κ1) is 20.9. The molecule has 3 aromatic rings. The Morgan fingerprint density at radius 3 is 2.81 bits per heavy atom. The second-order valence-corrected chi connectivity index (χ2v) is 7.07. The van der Waals surface area contributed by atoms with Crippen molar-refractivity contribution in [1.82, 2.24) is 19.9 Å². The number of thiophene rings is 1. The molecule has 0 aliphatic rings. The zero-order valence-corrected chi connectivity index (χ0v) is 16.2. The third-order valence-corrected chi connectivity index (χ3v) is 4.99. The van der Waals surface area contributed by atoms with Gasteiger partial charge in [0, 0.05) is 10.9 Å². The Labute approximate surface area is 163 Å². The van der Waals surface area contributed by atoms with Gasteiger partial charge in [-0.15, -0.1) is 11.3 Å². The number of aryl methyl sites for hydroxylation is 1. The second-order valence-electron chi connectivity index (χ2n) is 5.63. The molecular formula is C16H18ClFN6O2S. The van der Waals surface area contributed by atoms with Crippen LogP contribution in [0.1, 0.15) is 23.1 Å². The second kappa shape index (κ2) is 9.49. The summed E-state index contributed by atoms with van der Waals surface area (Å²) in [6, 6.07) is 0.0479. The van der Waals surface area contributed by atoms with E-state index in [9.17, 15) is 4.39 Å². The third-order valence-electron chi connectivity index (χ3n) is 3.51. The van der Waals surface area contributed by atoms with Gasteiger partial charge in [0.2, 0.25) is 5.28 Å². The van der Waals surface area contributed by atoms with Crippen molar-refractivity contribution in [3.8, 4) is 0 Å². The number of carbonyl (C=O) groups is 1. The first-order valence-electron chi connectivity index (χ1n) is 7.84. The molecule has 3 aromatic heterocycles. The van der Waals surface area contributed by atoms with Crippen LogP contribution < -0.4 is 11.1 Å². The number of anilines is 1. The van der Waals surface area contributed by atoms with E-state index in [2.05, 4.69) is 25.3 Å². The predicted octanol–water partition coefficient (Wildman–Crippen LogP) is 2.78. The molecular weight excluding hydrogens is 395 g/mol. The smallest absolute Gasteiger partial charge is 0.290 e. The maximum atomic E-state index is 13.7. The maximum Gasteiger partial charge on any atom is 0.290 e. The molecule has 0 aliphatic carbocycles. The molecule has 11 heteroatoms. The highest BCUT2D eigenvalue weighted by atomic mass is 35.5. The summed E-state index contributed by atoms with van der Waals surface area (Å²) in [6.45, 7) is 3.88. The number of aromatic nitrogens is 4. The van der Waals surface area contributed by atoms with Crippen LogP contribution in [0.2, 0.25) is 5.28 Å². The zero-order chi connectivity index (χ0) is 20.0. The third kappa shape index (κ3) is 5.28. The summed E-state index contributed by atoms with van der Waals surface area (Å²) < 4.78 is 14.5. The average molecular weight is 413 g/mol. The van der Waals surface area contributed by atoms with Gasteiger partial charge in [0.1, 0.15) is 12.1 Å². The normalized spacial score (nSPS) is 11.6. The lowest BCUT2D eigenvalue weighted by Gasteiger charge is -2.07. The lowest BCUT2D eigenvalue weighted by Crippen LogP contribution is -2.17. The number of rotatable bonds is 5. The minimum atomic E-state index is -0.471. The molecule has 3 rings (SSSR count). The van der Waals surface area contributed by atoms with E-state index in [1.807, 2.05) is 13.8 Å². The average Bonchev–Trinajstić information content (AvgIpc) is 2.90. The summed E-state index contributed by atoms with van der Waals surface area (Å²) in [4.78, 5) is 25.6. The molecule has 0 fully saturated rings. The molecule has 3 heterocycles. The summed E-state index contributed by atoms with van der Waals surface area (Å²) in [5.41, 5.74) is 8.01. The van der Waals surface area contributed by atoms with Crippen molar-refractivity contribution < 1.29 is 14.3 Å². The number of nitrogens with zero attached hydrogens (tertiary/aromatic N) is 4. The van der Waals surface area contributed by atoms with Crippen LogP contribution in [0.25, 0.3) is 10.2 Å². The lowest BCUT2D eigenvalue weighted by atomic mass is 10.1. The number of nitrogens with two attached hydrogens (primary N) is 1. The quantitative estimate of drug-likeness (QED) is 0.431. The fraction of sp³-hybridized carbons (Fsp3) is 0.312. The van der Waals surface area contributed by atoms with Crippen LogP contribution in [-0.4, -0.2) is 37.6 Å². The van der Waals surface area contributed by atoms with Crippen molar-refractivity contribution in [1.29, 1.82) is 0 Å². The molecule has 0 bridgehead atoms. The molecule has 0 aliphatic heterocycles. The number of hydrogen-bond acceptors (Lipinski definition) is 8. The Morgan fingerprint density at radius 1 is 1.48 bits per heavy atom. The Morgan fingerprint density at radius 2 is 2.19 bits per heavy atom. The highest BCUT2D eigenvalue weighted by Crippen LogP contribution is 2.35. The van der Waals surface area contributed by atoms with Gasteiger partial charge in [-0.3, -0.25) is 4.79 Å². The minimum absolute atomic E-state index is 0.0479. The van der Waals surface area contributed by atoms with E-state index in [1.165, 1.54) is 6.33 Å². The van der Waals surface area contributed by atoms with Gasteiger partial charge in [-0.1, -0.05) is 0 Å². The maximum absolute atomic E-state index is 13.7. The zero-order valence-electron chi connectivity index (χ0n) is 14.6. The number of halogens is 2. The van der Waals surface area contributed by atoms with E-state index in [4.69, 9.17) is 27.2 Å². The van der Waals surface area contributed by atoms with Gasteiger partial charge in [-0.25, -0.2) is 19.3 Å². The molecule has 0 spiro atoms. The number of nitrogens with one attached hydrogen (secondary N) is 1. The molecule has 0 unspecified atom stereocenters. The molecule has 0 radical (unpaired) electrons. The van der Waals surface area contributed by atoms with Gasteiger partial charge in [-0.05, 0) is 37.4 Å². The van der Waals surface area contributed by atoms with Crippen LogP contribution in [-0.2, 0) is 17.8 Å². The molecule has 0 amide bonds. The topological polar surface area (TPSA) is 127 Å². The lowest BCUT2D eigenvalue weighted by molar-refractivity contribution is -0.122. The van der Waals surface area contributed by atoms with Crippen molar-refractivity contribution in [3.05, 3.63) is 39.8 Å².